The van der Waals surface area contributed by atoms with Crippen LogP contribution in [-0.4, -0.2) is 12.5 Å². The maximum atomic E-state index is 10.9. The molecule has 0 amide bonds. The number of benzene rings is 1. The molecule has 0 unspecified atom stereocenters. The Labute approximate surface area is 75.7 Å². The van der Waals surface area contributed by atoms with Crippen molar-refractivity contribution >= 4 is 11.7 Å². The number of ether oxygens (including phenoxy) is 1. The molecule has 4 heteroatoms. The van der Waals surface area contributed by atoms with Crippen molar-refractivity contribution in [3.8, 4) is 5.75 Å². The van der Waals surface area contributed by atoms with Crippen LogP contribution in [0.5, 0.6) is 5.75 Å². The highest BCUT2D eigenvalue weighted by atomic mass is 16.5. The molecule has 1 aromatic rings. The van der Waals surface area contributed by atoms with Gasteiger partial charge in [-0.1, -0.05) is 6.07 Å². The van der Waals surface area contributed by atoms with E-state index in [2.05, 4.69) is 5.32 Å². The third kappa shape index (κ3) is 1.48. The van der Waals surface area contributed by atoms with E-state index in [1.807, 2.05) is 12.1 Å². The molecule has 2 rings (SSSR count). The Morgan fingerprint density at radius 2 is 2.38 bits per heavy atom. The number of carbonyl (C=O) groups is 1. The second-order valence-electron chi connectivity index (χ2n) is 2.86. The molecular formula is C9H10N2O2. The van der Waals surface area contributed by atoms with Crippen LogP contribution < -0.4 is 15.8 Å². The van der Waals surface area contributed by atoms with Crippen molar-refractivity contribution < 1.29 is 9.53 Å². The van der Waals surface area contributed by atoms with E-state index in [1.54, 1.807) is 6.07 Å². The predicted octanol–water partition coefficient (Wildman–Crippen LogP) is 0.476. The number of hydrogen-bond donors (Lipinski definition) is 2. The number of nitrogens with two attached hydrogens (primary N) is 1. The standard InChI is InChI=1S/C9H10N2O2/c10-4-6-1-2-8-7(3-6)11-5-9(12)13-8/h1-3,11H,4-5,10H2. The second kappa shape index (κ2) is 3.06. The van der Waals surface area contributed by atoms with Crippen molar-refractivity contribution in [2.75, 3.05) is 11.9 Å². The van der Waals surface area contributed by atoms with Gasteiger partial charge in [-0.25, -0.2) is 4.79 Å². The van der Waals surface area contributed by atoms with E-state index in [0.29, 0.717) is 12.3 Å². The summed E-state index contributed by atoms with van der Waals surface area (Å²) in [6, 6.07) is 5.49. The lowest BCUT2D eigenvalue weighted by Gasteiger charge is -2.17. The van der Waals surface area contributed by atoms with E-state index < -0.39 is 0 Å². The van der Waals surface area contributed by atoms with E-state index in [0.717, 1.165) is 11.3 Å². The molecule has 1 heterocycles. The quantitative estimate of drug-likeness (QED) is 0.485. The average Bonchev–Trinajstić information content (AvgIpc) is 2.17. The maximum absolute atomic E-state index is 10.9. The van der Waals surface area contributed by atoms with Crippen LogP contribution in [0.15, 0.2) is 18.2 Å². The van der Waals surface area contributed by atoms with Gasteiger partial charge in [-0.05, 0) is 17.7 Å². The first kappa shape index (κ1) is 8.07. The van der Waals surface area contributed by atoms with Gasteiger partial charge in [-0.2, -0.15) is 0 Å². The fourth-order valence-electron chi connectivity index (χ4n) is 1.26. The summed E-state index contributed by atoms with van der Waals surface area (Å²) >= 11 is 0. The molecule has 0 aromatic heterocycles. The van der Waals surface area contributed by atoms with Gasteiger partial charge >= 0.3 is 5.97 Å². The first-order valence-electron chi connectivity index (χ1n) is 4.07. The minimum absolute atomic E-state index is 0.223. The Hall–Kier alpha value is -1.55. The Balaban J connectivity index is 2.36. The number of esters is 1. The van der Waals surface area contributed by atoms with Crippen molar-refractivity contribution in [2.24, 2.45) is 5.73 Å². The molecule has 0 radical (unpaired) electrons. The molecule has 4 nitrogen and oxygen atoms in total. The summed E-state index contributed by atoms with van der Waals surface area (Å²) in [5.41, 5.74) is 7.33. The Morgan fingerprint density at radius 1 is 1.54 bits per heavy atom. The van der Waals surface area contributed by atoms with Crippen LogP contribution in [0.3, 0.4) is 0 Å². The number of carbonyl (C=O) groups excluding carboxylic acids is 1. The zero-order valence-electron chi connectivity index (χ0n) is 7.04. The average molecular weight is 178 g/mol. The number of rotatable bonds is 1. The molecule has 0 fully saturated rings. The van der Waals surface area contributed by atoms with Gasteiger partial charge in [0.05, 0.1) is 5.69 Å². The summed E-state index contributed by atoms with van der Waals surface area (Å²) in [7, 11) is 0. The topological polar surface area (TPSA) is 64.3 Å². The van der Waals surface area contributed by atoms with Crippen molar-refractivity contribution in [1.82, 2.24) is 0 Å². The van der Waals surface area contributed by atoms with E-state index in [9.17, 15) is 4.79 Å². The van der Waals surface area contributed by atoms with Gasteiger partial charge in [0.25, 0.3) is 0 Å². The summed E-state index contributed by atoms with van der Waals surface area (Å²) in [6.07, 6.45) is 0. The smallest absolute Gasteiger partial charge is 0.330 e. The SMILES string of the molecule is NCc1ccc2c(c1)NCC(=O)O2. The van der Waals surface area contributed by atoms with Crippen LogP contribution in [0.25, 0.3) is 0 Å². The van der Waals surface area contributed by atoms with E-state index in [4.69, 9.17) is 10.5 Å². The van der Waals surface area contributed by atoms with Crippen molar-refractivity contribution in [3.63, 3.8) is 0 Å². The number of hydrogen-bond acceptors (Lipinski definition) is 4. The minimum atomic E-state index is -0.256. The van der Waals surface area contributed by atoms with E-state index >= 15 is 0 Å². The first-order chi connectivity index (χ1) is 6.29. The summed E-state index contributed by atoms with van der Waals surface area (Å²) in [4.78, 5) is 10.9. The zero-order chi connectivity index (χ0) is 9.26. The third-order valence-corrected chi connectivity index (χ3v) is 1.93. The predicted molar refractivity (Wildman–Crippen MR) is 48.5 cm³/mol. The highest BCUT2D eigenvalue weighted by molar-refractivity contribution is 5.83. The van der Waals surface area contributed by atoms with Crippen LogP contribution in [0.2, 0.25) is 0 Å². The second-order valence-corrected chi connectivity index (χ2v) is 2.86. The highest BCUT2D eigenvalue weighted by Gasteiger charge is 2.15. The molecule has 0 bridgehead atoms. The molecule has 0 saturated heterocycles. The minimum Gasteiger partial charge on any atom is -0.423 e. The van der Waals surface area contributed by atoms with Gasteiger partial charge in [-0.15, -0.1) is 0 Å². The van der Waals surface area contributed by atoms with Crippen LogP contribution in [0.1, 0.15) is 5.56 Å². The lowest BCUT2D eigenvalue weighted by atomic mass is 10.1. The zero-order valence-corrected chi connectivity index (χ0v) is 7.04. The molecule has 0 saturated carbocycles. The Bertz CT molecular complexity index is 349. The van der Waals surface area contributed by atoms with Gasteiger partial charge in [-0.3, -0.25) is 0 Å². The summed E-state index contributed by atoms with van der Waals surface area (Å²) in [6.45, 7) is 0.712. The molecule has 1 aliphatic rings. The molecule has 68 valence electrons. The van der Waals surface area contributed by atoms with Crippen molar-refractivity contribution in [1.29, 1.82) is 0 Å². The maximum Gasteiger partial charge on any atom is 0.330 e. The van der Waals surface area contributed by atoms with Crippen LogP contribution in [-0.2, 0) is 11.3 Å². The molecule has 1 aliphatic heterocycles. The van der Waals surface area contributed by atoms with Crippen LogP contribution in [0, 0.1) is 0 Å². The molecular weight excluding hydrogens is 168 g/mol. The molecule has 1 aromatic carbocycles. The number of nitrogens with one attached hydrogen (secondary N) is 1. The fraction of sp³-hybridized carbons (Fsp3) is 0.222. The first-order valence-corrected chi connectivity index (χ1v) is 4.07. The van der Waals surface area contributed by atoms with Gasteiger partial charge in [0.15, 0.2) is 5.75 Å². The van der Waals surface area contributed by atoms with Gasteiger partial charge in [0.1, 0.15) is 6.54 Å². The van der Waals surface area contributed by atoms with E-state index in [-0.39, 0.29) is 12.5 Å². The largest absolute Gasteiger partial charge is 0.423 e. The molecule has 3 N–H and O–H groups in total. The number of anilines is 1. The number of fused-ring (bicyclic) bond motifs is 1. The third-order valence-electron chi connectivity index (χ3n) is 1.93. The fourth-order valence-corrected chi connectivity index (χ4v) is 1.26. The Kier molecular flexibility index (Phi) is 1.90. The molecule has 0 aliphatic carbocycles. The highest BCUT2D eigenvalue weighted by Crippen LogP contribution is 2.28. The molecule has 13 heavy (non-hydrogen) atoms. The summed E-state index contributed by atoms with van der Waals surface area (Å²) in [5, 5.41) is 2.96. The normalized spacial score (nSPS) is 14.4. The van der Waals surface area contributed by atoms with Gasteiger partial charge in [0.2, 0.25) is 0 Å². The molecule has 0 spiro atoms. The lowest BCUT2D eigenvalue weighted by molar-refractivity contribution is -0.132. The van der Waals surface area contributed by atoms with Gasteiger partial charge in [0, 0.05) is 6.54 Å². The molecule has 0 atom stereocenters. The van der Waals surface area contributed by atoms with Crippen LogP contribution >= 0.6 is 0 Å². The van der Waals surface area contributed by atoms with Gasteiger partial charge < -0.3 is 15.8 Å². The van der Waals surface area contributed by atoms with Crippen molar-refractivity contribution in [3.05, 3.63) is 23.8 Å². The summed E-state index contributed by atoms with van der Waals surface area (Å²) < 4.78 is 4.99. The lowest BCUT2D eigenvalue weighted by Crippen LogP contribution is -2.25. The Morgan fingerprint density at radius 3 is 3.15 bits per heavy atom. The monoisotopic (exact) mass is 178 g/mol. The van der Waals surface area contributed by atoms with E-state index in [1.165, 1.54) is 0 Å². The van der Waals surface area contributed by atoms with Crippen LogP contribution in [0.4, 0.5) is 5.69 Å². The summed E-state index contributed by atoms with van der Waals surface area (Å²) in [5.74, 6) is 0.321. The van der Waals surface area contributed by atoms with Crippen molar-refractivity contribution in [2.45, 2.75) is 6.54 Å².